The highest BCUT2D eigenvalue weighted by Crippen LogP contribution is 2.17. The van der Waals surface area contributed by atoms with E-state index < -0.39 is 22.2 Å². The fraction of sp³-hybridized carbons (Fsp3) is 0.857. The summed E-state index contributed by atoms with van der Waals surface area (Å²) < 4.78 is 45.4. The Morgan fingerprint density at radius 1 is 1.50 bits per heavy atom. The first kappa shape index (κ1) is 11.4. The van der Waals surface area contributed by atoms with Crippen molar-refractivity contribution < 1.29 is 22.0 Å². The molecule has 0 aliphatic carbocycles. The fourth-order valence-corrected chi connectivity index (χ4v) is 3.22. The van der Waals surface area contributed by atoms with Crippen LogP contribution in [0, 0.1) is 5.92 Å². The van der Waals surface area contributed by atoms with Crippen molar-refractivity contribution in [2.75, 3.05) is 18.1 Å². The van der Waals surface area contributed by atoms with Crippen molar-refractivity contribution in [2.45, 2.75) is 12.8 Å². The molecule has 0 aromatic rings. The van der Waals surface area contributed by atoms with E-state index in [2.05, 4.69) is 0 Å². The van der Waals surface area contributed by atoms with E-state index in [0.29, 0.717) is 6.42 Å². The topological polar surface area (TPSA) is 63.2 Å². The van der Waals surface area contributed by atoms with Gasteiger partial charge < -0.3 is 5.32 Å². The molecule has 1 aliphatic rings. The van der Waals surface area contributed by atoms with E-state index in [4.69, 9.17) is 0 Å². The van der Waals surface area contributed by atoms with Gasteiger partial charge in [0.05, 0.1) is 11.5 Å². The maximum absolute atomic E-state index is 11.7. The summed E-state index contributed by atoms with van der Waals surface area (Å²) in [5, 5.41) is 2.01. The normalized spacial score (nSPS) is 25.2. The Morgan fingerprint density at radius 3 is 2.57 bits per heavy atom. The van der Waals surface area contributed by atoms with Crippen LogP contribution in [0.2, 0.25) is 0 Å². The first-order chi connectivity index (χ1) is 6.41. The molecular weight excluding hydrogens is 216 g/mol. The van der Waals surface area contributed by atoms with Gasteiger partial charge in [-0.15, -0.1) is 0 Å². The Labute approximate surface area is 80.6 Å². The zero-order valence-corrected chi connectivity index (χ0v) is 8.19. The van der Waals surface area contributed by atoms with Gasteiger partial charge in [-0.2, -0.15) is 8.78 Å². The monoisotopic (exact) mass is 227 g/mol. The SMILES string of the molecule is O=C(NCC1CCS(=O)(=O)C1)C(F)F. The second-order valence-electron chi connectivity index (χ2n) is 3.31. The van der Waals surface area contributed by atoms with Crippen LogP contribution >= 0.6 is 0 Å². The molecule has 1 aliphatic heterocycles. The molecular formula is C7H11F2NO3S. The lowest BCUT2D eigenvalue weighted by Gasteiger charge is -2.08. The number of carbonyl (C=O) groups excluding carboxylic acids is 1. The van der Waals surface area contributed by atoms with E-state index in [9.17, 15) is 22.0 Å². The van der Waals surface area contributed by atoms with Crippen LogP contribution in [0.3, 0.4) is 0 Å². The van der Waals surface area contributed by atoms with E-state index in [0.717, 1.165) is 0 Å². The van der Waals surface area contributed by atoms with Gasteiger partial charge in [0.15, 0.2) is 9.84 Å². The molecule has 82 valence electrons. The molecule has 1 fully saturated rings. The lowest BCUT2D eigenvalue weighted by atomic mass is 10.1. The molecule has 7 heteroatoms. The second kappa shape index (κ2) is 4.20. The largest absolute Gasteiger partial charge is 0.351 e. The van der Waals surface area contributed by atoms with Gasteiger partial charge in [0.1, 0.15) is 0 Å². The summed E-state index contributed by atoms with van der Waals surface area (Å²) >= 11 is 0. The van der Waals surface area contributed by atoms with E-state index in [1.165, 1.54) is 0 Å². The third kappa shape index (κ3) is 3.21. The summed E-state index contributed by atoms with van der Waals surface area (Å²) in [5.41, 5.74) is 0. The summed E-state index contributed by atoms with van der Waals surface area (Å²) in [6, 6.07) is 0. The second-order valence-corrected chi connectivity index (χ2v) is 5.54. The van der Waals surface area contributed by atoms with Gasteiger partial charge in [-0.1, -0.05) is 0 Å². The minimum Gasteiger partial charge on any atom is -0.351 e. The van der Waals surface area contributed by atoms with Gasteiger partial charge in [-0.25, -0.2) is 8.42 Å². The third-order valence-corrected chi connectivity index (χ3v) is 3.93. The molecule has 1 unspecified atom stereocenters. The molecule has 14 heavy (non-hydrogen) atoms. The van der Waals surface area contributed by atoms with E-state index in [1.54, 1.807) is 0 Å². The van der Waals surface area contributed by atoms with Crippen LogP contribution < -0.4 is 5.32 Å². The highest BCUT2D eigenvalue weighted by atomic mass is 32.2. The van der Waals surface area contributed by atoms with E-state index in [-0.39, 0.29) is 24.0 Å². The Hall–Kier alpha value is -0.720. The molecule has 1 amide bonds. The zero-order chi connectivity index (χ0) is 10.8. The van der Waals surface area contributed by atoms with Crippen molar-refractivity contribution in [2.24, 2.45) is 5.92 Å². The highest BCUT2D eigenvalue weighted by Gasteiger charge is 2.28. The van der Waals surface area contributed by atoms with Gasteiger partial charge in [-0.3, -0.25) is 4.79 Å². The van der Waals surface area contributed by atoms with Gasteiger partial charge >= 0.3 is 6.43 Å². The summed E-state index contributed by atoms with van der Waals surface area (Å²) in [4.78, 5) is 10.5. The number of rotatable bonds is 3. The maximum Gasteiger partial charge on any atom is 0.315 e. The third-order valence-electron chi connectivity index (χ3n) is 2.09. The number of nitrogens with one attached hydrogen (secondary N) is 1. The van der Waals surface area contributed by atoms with Crippen LogP contribution in [-0.2, 0) is 14.6 Å². The predicted molar refractivity (Wildman–Crippen MR) is 45.8 cm³/mol. The smallest absolute Gasteiger partial charge is 0.315 e. The number of halogens is 2. The van der Waals surface area contributed by atoms with E-state index >= 15 is 0 Å². The summed E-state index contributed by atoms with van der Waals surface area (Å²) in [5.74, 6) is -1.49. The van der Waals surface area contributed by atoms with Gasteiger partial charge in [0, 0.05) is 6.54 Å². The summed E-state index contributed by atoms with van der Waals surface area (Å²) in [6.45, 7) is 0.0163. The Morgan fingerprint density at radius 2 is 2.14 bits per heavy atom. The first-order valence-electron chi connectivity index (χ1n) is 4.17. The molecule has 0 saturated carbocycles. The number of hydrogen-bond donors (Lipinski definition) is 1. The van der Waals surface area contributed by atoms with Crippen molar-refractivity contribution in [3.05, 3.63) is 0 Å². The Balaban J connectivity index is 2.31. The quantitative estimate of drug-likeness (QED) is 0.726. The molecule has 1 saturated heterocycles. The van der Waals surface area contributed by atoms with Crippen LogP contribution in [0.1, 0.15) is 6.42 Å². The van der Waals surface area contributed by atoms with Crippen LogP contribution in [0.5, 0.6) is 0 Å². The average Bonchev–Trinajstić information content (AvgIpc) is 2.41. The van der Waals surface area contributed by atoms with Crippen molar-refractivity contribution >= 4 is 15.7 Å². The molecule has 4 nitrogen and oxygen atoms in total. The van der Waals surface area contributed by atoms with Crippen molar-refractivity contribution in [1.82, 2.24) is 5.32 Å². The minimum absolute atomic E-state index is 0.0163. The molecule has 0 spiro atoms. The molecule has 0 radical (unpaired) electrons. The van der Waals surface area contributed by atoms with Crippen LogP contribution in [-0.4, -0.2) is 38.8 Å². The van der Waals surface area contributed by atoms with Crippen molar-refractivity contribution in [3.63, 3.8) is 0 Å². The van der Waals surface area contributed by atoms with Gasteiger partial charge in [-0.05, 0) is 12.3 Å². The first-order valence-corrected chi connectivity index (χ1v) is 5.99. The average molecular weight is 227 g/mol. The highest BCUT2D eigenvalue weighted by molar-refractivity contribution is 7.91. The molecule has 1 atom stereocenters. The molecule has 0 aromatic heterocycles. The molecule has 1 rings (SSSR count). The Bertz CT molecular complexity index is 315. The number of hydrogen-bond acceptors (Lipinski definition) is 3. The standard InChI is InChI=1S/C7H11F2NO3S/c8-6(9)7(11)10-3-5-1-2-14(12,13)4-5/h5-6H,1-4H2,(H,10,11). The fourth-order valence-electron chi connectivity index (χ4n) is 1.36. The number of alkyl halides is 2. The maximum atomic E-state index is 11.7. The van der Waals surface area contributed by atoms with Gasteiger partial charge in [0.2, 0.25) is 0 Å². The van der Waals surface area contributed by atoms with E-state index in [1.807, 2.05) is 5.32 Å². The number of carbonyl (C=O) groups is 1. The predicted octanol–water partition coefficient (Wildman–Crippen LogP) is -0.198. The lowest BCUT2D eigenvalue weighted by molar-refractivity contribution is -0.131. The molecule has 1 N–H and O–H groups in total. The van der Waals surface area contributed by atoms with Crippen LogP contribution in [0.4, 0.5) is 8.78 Å². The molecule has 0 aromatic carbocycles. The number of sulfone groups is 1. The van der Waals surface area contributed by atoms with Crippen LogP contribution in [0.15, 0.2) is 0 Å². The van der Waals surface area contributed by atoms with Crippen LogP contribution in [0.25, 0.3) is 0 Å². The number of amides is 1. The Kier molecular flexibility index (Phi) is 3.41. The van der Waals surface area contributed by atoms with Crippen molar-refractivity contribution in [1.29, 1.82) is 0 Å². The molecule has 1 heterocycles. The lowest BCUT2D eigenvalue weighted by Crippen LogP contribution is -2.34. The van der Waals surface area contributed by atoms with Crippen molar-refractivity contribution in [3.8, 4) is 0 Å². The molecule has 0 bridgehead atoms. The summed E-state index contributed by atoms with van der Waals surface area (Å²) in [7, 11) is -3.00. The van der Waals surface area contributed by atoms with Gasteiger partial charge in [0.25, 0.3) is 5.91 Å². The minimum atomic E-state index is -3.03. The zero-order valence-electron chi connectivity index (χ0n) is 7.37. The summed E-state index contributed by atoms with van der Waals surface area (Å²) in [6.07, 6.45) is -2.60.